The topological polar surface area (TPSA) is 61.4 Å². The van der Waals surface area contributed by atoms with Gasteiger partial charge in [0, 0.05) is 45.1 Å². The Morgan fingerprint density at radius 1 is 1.00 bits per heavy atom. The largest absolute Gasteiger partial charge is 0.354 e. The van der Waals surface area contributed by atoms with Crippen molar-refractivity contribution in [1.82, 2.24) is 20.2 Å². The Labute approximate surface area is 161 Å². The van der Waals surface area contributed by atoms with Crippen LogP contribution in [0.3, 0.4) is 0 Å². The molecule has 5 aliphatic rings. The SMILES string of the molecule is O=C(CN1CCN(c2ncccn2)CC1)NCC12CC3CC(CC(C3)C1)C2. The van der Waals surface area contributed by atoms with E-state index in [1.807, 2.05) is 6.07 Å². The summed E-state index contributed by atoms with van der Waals surface area (Å²) in [5.41, 5.74) is 0.424. The fourth-order valence-corrected chi connectivity index (χ4v) is 6.61. The lowest BCUT2D eigenvalue weighted by molar-refractivity contribution is -0.124. The minimum atomic E-state index is 0.204. The Morgan fingerprint density at radius 3 is 2.19 bits per heavy atom. The third-order valence-corrected chi connectivity index (χ3v) is 7.40. The molecular weight excluding hydrogens is 338 g/mol. The molecule has 1 N–H and O–H groups in total. The summed E-state index contributed by atoms with van der Waals surface area (Å²) in [7, 11) is 0. The van der Waals surface area contributed by atoms with Gasteiger partial charge in [-0.1, -0.05) is 0 Å². The second kappa shape index (κ2) is 7.04. The Hall–Kier alpha value is -1.69. The van der Waals surface area contributed by atoms with Crippen LogP contribution in [0.5, 0.6) is 0 Å². The molecule has 5 fully saturated rings. The van der Waals surface area contributed by atoms with Crippen LogP contribution in [0.15, 0.2) is 18.5 Å². The van der Waals surface area contributed by atoms with Gasteiger partial charge in [0.25, 0.3) is 0 Å². The number of rotatable bonds is 5. The van der Waals surface area contributed by atoms with Crippen LogP contribution in [0.4, 0.5) is 5.95 Å². The van der Waals surface area contributed by atoms with Crippen molar-refractivity contribution in [2.45, 2.75) is 38.5 Å². The molecule has 0 unspecified atom stereocenters. The highest BCUT2D eigenvalue weighted by Crippen LogP contribution is 2.59. The summed E-state index contributed by atoms with van der Waals surface area (Å²) in [4.78, 5) is 25.7. The summed E-state index contributed by atoms with van der Waals surface area (Å²) in [6, 6.07) is 1.84. The number of hydrogen-bond donors (Lipinski definition) is 1. The van der Waals surface area contributed by atoms with Gasteiger partial charge in [-0.05, 0) is 67.8 Å². The number of anilines is 1. The van der Waals surface area contributed by atoms with Crippen molar-refractivity contribution in [2.24, 2.45) is 23.2 Å². The van der Waals surface area contributed by atoms with Crippen molar-refractivity contribution in [3.8, 4) is 0 Å². The molecule has 4 bridgehead atoms. The molecule has 146 valence electrons. The average Bonchev–Trinajstić information content (AvgIpc) is 2.67. The van der Waals surface area contributed by atoms with E-state index in [4.69, 9.17) is 0 Å². The Morgan fingerprint density at radius 2 is 1.59 bits per heavy atom. The average molecular weight is 370 g/mol. The van der Waals surface area contributed by atoms with E-state index in [0.717, 1.165) is 56.4 Å². The van der Waals surface area contributed by atoms with E-state index < -0.39 is 0 Å². The van der Waals surface area contributed by atoms with E-state index in [0.29, 0.717) is 12.0 Å². The monoisotopic (exact) mass is 369 g/mol. The molecule has 1 amide bonds. The Bertz CT molecular complexity index is 635. The second-order valence-electron chi connectivity index (χ2n) is 9.51. The van der Waals surface area contributed by atoms with E-state index in [-0.39, 0.29) is 5.91 Å². The van der Waals surface area contributed by atoms with Gasteiger partial charge >= 0.3 is 0 Å². The van der Waals surface area contributed by atoms with Crippen molar-refractivity contribution >= 4 is 11.9 Å². The van der Waals surface area contributed by atoms with Gasteiger partial charge in [-0.25, -0.2) is 9.97 Å². The standard InChI is InChI=1S/C21H31N5O/c27-19(14-25-4-6-26(7-5-25)20-22-2-1-3-23-20)24-15-21-11-16-8-17(12-21)10-18(9-16)13-21/h1-3,16-18H,4-15H2,(H,24,27). The zero-order valence-electron chi connectivity index (χ0n) is 16.1. The molecule has 6 heteroatoms. The molecule has 6 rings (SSSR count). The van der Waals surface area contributed by atoms with E-state index in [9.17, 15) is 4.79 Å². The molecule has 1 aromatic rings. The molecule has 0 spiro atoms. The number of piperazine rings is 1. The third-order valence-electron chi connectivity index (χ3n) is 7.40. The summed E-state index contributed by atoms with van der Waals surface area (Å²) in [6.45, 7) is 4.98. The number of hydrogen-bond acceptors (Lipinski definition) is 5. The van der Waals surface area contributed by atoms with Gasteiger partial charge in [-0.3, -0.25) is 9.69 Å². The van der Waals surface area contributed by atoms with E-state index in [1.54, 1.807) is 12.4 Å². The Balaban J connectivity index is 1.08. The lowest BCUT2D eigenvalue weighted by atomic mass is 9.49. The first-order chi connectivity index (χ1) is 13.2. The van der Waals surface area contributed by atoms with Crippen LogP contribution in [-0.4, -0.2) is 60.0 Å². The number of carbonyl (C=O) groups is 1. The van der Waals surface area contributed by atoms with Gasteiger partial charge in [-0.15, -0.1) is 0 Å². The number of nitrogens with one attached hydrogen (secondary N) is 1. The highest BCUT2D eigenvalue weighted by atomic mass is 16.2. The molecule has 6 nitrogen and oxygen atoms in total. The zero-order valence-corrected chi connectivity index (χ0v) is 16.1. The van der Waals surface area contributed by atoms with Gasteiger partial charge < -0.3 is 10.2 Å². The van der Waals surface area contributed by atoms with Gasteiger partial charge in [0.15, 0.2) is 0 Å². The molecule has 2 heterocycles. The zero-order chi connectivity index (χ0) is 18.3. The molecular formula is C21H31N5O. The molecule has 0 atom stereocenters. The van der Waals surface area contributed by atoms with Gasteiger partial charge in [-0.2, -0.15) is 0 Å². The van der Waals surface area contributed by atoms with Crippen molar-refractivity contribution in [2.75, 3.05) is 44.2 Å². The molecule has 0 radical (unpaired) electrons. The van der Waals surface area contributed by atoms with Gasteiger partial charge in [0.1, 0.15) is 0 Å². The lowest BCUT2D eigenvalue weighted by Crippen LogP contribution is -2.53. The number of nitrogens with zero attached hydrogens (tertiary/aromatic N) is 4. The fourth-order valence-electron chi connectivity index (χ4n) is 6.61. The van der Waals surface area contributed by atoms with Crippen LogP contribution in [0.2, 0.25) is 0 Å². The van der Waals surface area contributed by atoms with E-state index >= 15 is 0 Å². The third kappa shape index (κ3) is 3.68. The first kappa shape index (κ1) is 17.4. The summed E-state index contributed by atoms with van der Waals surface area (Å²) < 4.78 is 0. The first-order valence-corrected chi connectivity index (χ1v) is 10.7. The maximum absolute atomic E-state index is 12.6. The van der Waals surface area contributed by atoms with Crippen LogP contribution in [0.1, 0.15) is 38.5 Å². The van der Waals surface area contributed by atoms with Crippen LogP contribution in [0, 0.1) is 23.2 Å². The molecule has 1 aromatic heterocycles. The summed E-state index contributed by atoms with van der Waals surface area (Å²) in [6.07, 6.45) is 12.0. The van der Waals surface area contributed by atoms with E-state index in [2.05, 4.69) is 25.1 Å². The van der Waals surface area contributed by atoms with Crippen molar-refractivity contribution < 1.29 is 4.79 Å². The highest BCUT2D eigenvalue weighted by Gasteiger charge is 2.50. The Kier molecular flexibility index (Phi) is 4.54. The summed E-state index contributed by atoms with van der Waals surface area (Å²) in [5, 5.41) is 3.31. The maximum Gasteiger partial charge on any atom is 0.234 e. The van der Waals surface area contributed by atoms with Crippen molar-refractivity contribution in [3.05, 3.63) is 18.5 Å². The predicted octanol–water partition coefficient (Wildman–Crippen LogP) is 1.93. The first-order valence-electron chi connectivity index (χ1n) is 10.7. The molecule has 0 aromatic carbocycles. The smallest absolute Gasteiger partial charge is 0.234 e. The highest BCUT2D eigenvalue weighted by molar-refractivity contribution is 5.78. The lowest BCUT2D eigenvalue weighted by Gasteiger charge is -2.57. The molecule has 27 heavy (non-hydrogen) atoms. The van der Waals surface area contributed by atoms with Crippen LogP contribution >= 0.6 is 0 Å². The van der Waals surface area contributed by atoms with Crippen molar-refractivity contribution in [1.29, 1.82) is 0 Å². The normalized spacial score (nSPS) is 35.4. The van der Waals surface area contributed by atoms with Crippen molar-refractivity contribution in [3.63, 3.8) is 0 Å². The van der Waals surface area contributed by atoms with E-state index in [1.165, 1.54) is 38.5 Å². The number of carbonyl (C=O) groups excluding carboxylic acids is 1. The number of amides is 1. The quantitative estimate of drug-likeness (QED) is 0.859. The number of aromatic nitrogens is 2. The molecule has 4 aliphatic carbocycles. The molecule has 1 aliphatic heterocycles. The maximum atomic E-state index is 12.6. The van der Waals surface area contributed by atoms with Gasteiger partial charge in [0.05, 0.1) is 6.54 Å². The summed E-state index contributed by atoms with van der Waals surface area (Å²) in [5.74, 6) is 3.84. The minimum Gasteiger partial charge on any atom is -0.354 e. The molecule has 1 saturated heterocycles. The second-order valence-corrected chi connectivity index (χ2v) is 9.51. The van der Waals surface area contributed by atoms with Crippen LogP contribution in [0.25, 0.3) is 0 Å². The minimum absolute atomic E-state index is 0.204. The van der Waals surface area contributed by atoms with Crippen LogP contribution in [-0.2, 0) is 4.79 Å². The fraction of sp³-hybridized carbons (Fsp3) is 0.762. The molecule has 4 saturated carbocycles. The predicted molar refractivity (Wildman–Crippen MR) is 104 cm³/mol. The van der Waals surface area contributed by atoms with Gasteiger partial charge in [0.2, 0.25) is 11.9 Å². The van der Waals surface area contributed by atoms with Crippen LogP contribution < -0.4 is 10.2 Å². The summed E-state index contributed by atoms with van der Waals surface area (Å²) >= 11 is 0.